The van der Waals surface area contributed by atoms with Crippen LogP contribution in [0.15, 0.2) is 41.4 Å². The molecule has 2 aromatic rings. The molecule has 0 saturated heterocycles. The van der Waals surface area contributed by atoms with Gasteiger partial charge in [0.1, 0.15) is 0 Å². The molecule has 0 bridgehead atoms. The minimum atomic E-state index is -1.29. The molecule has 6 heteroatoms. The molecule has 2 rings (SSSR count). The van der Waals surface area contributed by atoms with Crippen molar-refractivity contribution >= 4 is 23.4 Å². The lowest BCUT2D eigenvalue weighted by molar-refractivity contribution is 0.102. The minimum Gasteiger partial charge on any atom is -0.322 e. The number of anilines is 1. The summed E-state index contributed by atoms with van der Waals surface area (Å²) in [7, 11) is 0. The first-order valence-corrected chi connectivity index (χ1v) is 6.59. The summed E-state index contributed by atoms with van der Waals surface area (Å²) in [6, 6.07) is 8.16. The number of nitrogens with one attached hydrogen (secondary N) is 1. The van der Waals surface area contributed by atoms with Crippen molar-refractivity contribution < 1.29 is 13.6 Å². The summed E-state index contributed by atoms with van der Waals surface area (Å²) < 4.78 is 26.3. The summed E-state index contributed by atoms with van der Waals surface area (Å²) in [6.07, 6.45) is 2.98. The van der Waals surface area contributed by atoms with Gasteiger partial charge in [-0.15, -0.1) is 11.8 Å². The van der Waals surface area contributed by atoms with Crippen molar-refractivity contribution in [1.82, 2.24) is 4.98 Å². The molecule has 19 heavy (non-hydrogen) atoms. The predicted octanol–water partition coefficient (Wildman–Crippen LogP) is 3.33. The fourth-order valence-corrected chi connectivity index (χ4v) is 1.87. The molecule has 0 spiro atoms. The first-order chi connectivity index (χ1) is 9.11. The molecule has 3 nitrogen and oxygen atoms in total. The highest BCUT2D eigenvalue weighted by Crippen LogP contribution is 2.18. The smallest absolute Gasteiger partial charge is 0.258 e. The fourth-order valence-electron chi connectivity index (χ4n) is 1.47. The van der Waals surface area contributed by atoms with Gasteiger partial charge in [-0.1, -0.05) is 0 Å². The molecule has 1 amide bonds. The molecule has 0 unspecified atom stereocenters. The van der Waals surface area contributed by atoms with Gasteiger partial charge in [0.25, 0.3) is 5.91 Å². The summed E-state index contributed by atoms with van der Waals surface area (Å²) in [4.78, 5) is 16.0. The van der Waals surface area contributed by atoms with Gasteiger partial charge in [-0.25, -0.2) is 9.37 Å². The van der Waals surface area contributed by atoms with Crippen LogP contribution in [0, 0.1) is 11.8 Å². The van der Waals surface area contributed by atoms with Crippen LogP contribution in [0.1, 0.15) is 10.4 Å². The van der Waals surface area contributed by atoms with Gasteiger partial charge in [0.05, 0.1) is 5.56 Å². The Morgan fingerprint density at radius 1 is 1.21 bits per heavy atom. The van der Waals surface area contributed by atoms with E-state index in [4.69, 9.17) is 0 Å². The van der Waals surface area contributed by atoms with Gasteiger partial charge < -0.3 is 5.32 Å². The van der Waals surface area contributed by atoms with Crippen LogP contribution >= 0.6 is 11.8 Å². The van der Waals surface area contributed by atoms with Crippen molar-refractivity contribution in [1.29, 1.82) is 0 Å². The van der Waals surface area contributed by atoms with Crippen LogP contribution in [-0.2, 0) is 0 Å². The number of pyridine rings is 1. The Labute approximate surface area is 113 Å². The number of hydrogen-bond donors (Lipinski definition) is 1. The molecule has 0 aliphatic heterocycles. The molecule has 0 aliphatic rings. The summed E-state index contributed by atoms with van der Waals surface area (Å²) in [5, 5.41) is 2.49. The zero-order chi connectivity index (χ0) is 13.8. The molecule has 0 saturated carbocycles. The highest BCUT2D eigenvalue weighted by Gasteiger charge is 2.16. The number of carbonyl (C=O) groups is 1. The quantitative estimate of drug-likeness (QED) is 0.692. The van der Waals surface area contributed by atoms with E-state index in [0.717, 1.165) is 17.2 Å². The predicted molar refractivity (Wildman–Crippen MR) is 70.3 cm³/mol. The SMILES string of the molecule is CSc1ccc(NC(=O)c2ccnc(F)c2F)cc1. The Morgan fingerprint density at radius 2 is 1.89 bits per heavy atom. The van der Waals surface area contributed by atoms with Crippen molar-refractivity contribution in [3.8, 4) is 0 Å². The minimum absolute atomic E-state index is 0.374. The Kier molecular flexibility index (Phi) is 4.11. The van der Waals surface area contributed by atoms with Crippen molar-refractivity contribution in [2.75, 3.05) is 11.6 Å². The van der Waals surface area contributed by atoms with Gasteiger partial charge in [0.15, 0.2) is 5.82 Å². The standard InChI is InChI=1S/C13H10F2N2OS/c1-19-9-4-2-8(3-5-9)17-13(18)10-6-7-16-12(15)11(10)14/h2-7H,1H3,(H,17,18). The van der Waals surface area contributed by atoms with Crippen LogP contribution in [-0.4, -0.2) is 17.1 Å². The van der Waals surface area contributed by atoms with E-state index in [1.807, 2.05) is 18.4 Å². The molecule has 98 valence electrons. The third-order valence-corrected chi connectivity index (χ3v) is 3.18. The number of aromatic nitrogens is 1. The zero-order valence-electron chi connectivity index (χ0n) is 9.98. The summed E-state index contributed by atoms with van der Waals surface area (Å²) in [5.41, 5.74) is 0.140. The van der Waals surface area contributed by atoms with E-state index in [9.17, 15) is 13.6 Å². The van der Waals surface area contributed by atoms with E-state index in [0.29, 0.717) is 5.69 Å². The highest BCUT2D eigenvalue weighted by atomic mass is 32.2. The molecule has 1 N–H and O–H groups in total. The molecule has 1 heterocycles. The van der Waals surface area contributed by atoms with Gasteiger partial charge in [0.2, 0.25) is 5.95 Å². The lowest BCUT2D eigenvalue weighted by Crippen LogP contribution is -2.15. The van der Waals surface area contributed by atoms with E-state index in [-0.39, 0.29) is 5.56 Å². The Morgan fingerprint density at radius 3 is 2.53 bits per heavy atom. The van der Waals surface area contributed by atoms with Crippen LogP contribution in [0.4, 0.5) is 14.5 Å². The third-order valence-electron chi connectivity index (χ3n) is 2.44. The number of amides is 1. The first-order valence-electron chi connectivity index (χ1n) is 5.37. The summed E-state index contributed by atoms with van der Waals surface area (Å²) in [5.74, 6) is -3.25. The largest absolute Gasteiger partial charge is 0.322 e. The fraction of sp³-hybridized carbons (Fsp3) is 0.0769. The molecular formula is C13H10F2N2OS. The maximum absolute atomic E-state index is 13.4. The molecular weight excluding hydrogens is 270 g/mol. The molecule has 0 fully saturated rings. The van der Waals surface area contributed by atoms with Gasteiger partial charge in [0, 0.05) is 16.8 Å². The monoisotopic (exact) mass is 280 g/mol. The van der Waals surface area contributed by atoms with Gasteiger partial charge in [-0.2, -0.15) is 4.39 Å². The molecule has 0 atom stereocenters. The maximum atomic E-state index is 13.4. The second-order valence-corrected chi connectivity index (χ2v) is 4.53. The number of hydrogen-bond acceptors (Lipinski definition) is 3. The summed E-state index contributed by atoms with van der Waals surface area (Å²) >= 11 is 1.57. The first kappa shape index (κ1) is 13.5. The number of thioether (sulfide) groups is 1. The van der Waals surface area contributed by atoms with Crippen molar-refractivity contribution in [2.45, 2.75) is 4.90 Å². The van der Waals surface area contributed by atoms with Gasteiger partial charge in [-0.05, 0) is 36.6 Å². The normalized spacial score (nSPS) is 10.3. The number of benzene rings is 1. The van der Waals surface area contributed by atoms with Crippen LogP contribution in [0.2, 0.25) is 0 Å². The van der Waals surface area contributed by atoms with E-state index in [2.05, 4.69) is 10.3 Å². The topological polar surface area (TPSA) is 42.0 Å². The van der Waals surface area contributed by atoms with Gasteiger partial charge in [-0.3, -0.25) is 4.79 Å². The molecule has 1 aromatic carbocycles. The van der Waals surface area contributed by atoms with E-state index in [1.165, 1.54) is 0 Å². The van der Waals surface area contributed by atoms with Gasteiger partial charge >= 0.3 is 0 Å². The average Bonchev–Trinajstić information content (AvgIpc) is 2.42. The second-order valence-electron chi connectivity index (χ2n) is 3.65. The van der Waals surface area contributed by atoms with E-state index >= 15 is 0 Å². The number of carbonyl (C=O) groups excluding carboxylic acids is 1. The van der Waals surface area contributed by atoms with Crippen LogP contribution in [0.25, 0.3) is 0 Å². The number of halogens is 2. The Balaban J connectivity index is 2.18. The summed E-state index contributed by atoms with van der Waals surface area (Å²) in [6.45, 7) is 0. The lowest BCUT2D eigenvalue weighted by Gasteiger charge is -2.06. The average molecular weight is 280 g/mol. The van der Waals surface area contributed by atoms with Crippen molar-refractivity contribution in [3.63, 3.8) is 0 Å². The molecule has 1 aromatic heterocycles. The Bertz CT molecular complexity index is 602. The number of nitrogens with zero attached hydrogens (tertiary/aromatic N) is 1. The van der Waals surface area contributed by atoms with E-state index < -0.39 is 17.7 Å². The second kappa shape index (κ2) is 5.79. The molecule has 0 radical (unpaired) electrons. The van der Waals surface area contributed by atoms with Crippen molar-refractivity contribution in [2.24, 2.45) is 0 Å². The maximum Gasteiger partial charge on any atom is 0.258 e. The van der Waals surface area contributed by atoms with Crippen molar-refractivity contribution in [3.05, 3.63) is 53.9 Å². The molecule has 0 aliphatic carbocycles. The third kappa shape index (κ3) is 3.08. The van der Waals surface area contributed by atoms with Crippen LogP contribution in [0.5, 0.6) is 0 Å². The van der Waals surface area contributed by atoms with Crippen LogP contribution < -0.4 is 5.32 Å². The lowest BCUT2D eigenvalue weighted by atomic mass is 10.2. The van der Waals surface area contributed by atoms with Crippen LogP contribution in [0.3, 0.4) is 0 Å². The highest BCUT2D eigenvalue weighted by molar-refractivity contribution is 7.98. The number of rotatable bonds is 3. The van der Waals surface area contributed by atoms with E-state index in [1.54, 1.807) is 23.9 Å². The Hall–Kier alpha value is -1.95. The zero-order valence-corrected chi connectivity index (χ0v) is 10.8.